The highest BCUT2D eigenvalue weighted by Crippen LogP contribution is 2.37. The zero-order valence-corrected chi connectivity index (χ0v) is 12.4. The van der Waals surface area contributed by atoms with E-state index in [1.807, 2.05) is 0 Å². The Morgan fingerprint density at radius 1 is 1.20 bits per heavy atom. The van der Waals surface area contributed by atoms with Crippen molar-refractivity contribution < 1.29 is 4.74 Å². The molecule has 0 unspecified atom stereocenters. The number of hydrogen-bond acceptors (Lipinski definition) is 2. The predicted molar refractivity (Wildman–Crippen MR) is 83.3 cm³/mol. The van der Waals surface area contributed by atoms with Crippen LogP contribution in [0.3, 0.4) is 0 Å². The second kappa shape index (κ2) is 6.45. The van der Waals surface area contributed by atoms with Crippen LogP contribution in [0.15, 0.2) is 35.9 Å². The molecule has 20 heavy (non-hydrogen) atoms. The Bertz CT molecular complexity index is 457. The average Bonchev–Trinajstić information content (AvgIpc) is 2.95. The molecule has 0 atom stereocenters. The molecule has 0 aliphatic heterocycles. The average molecular weight is 271 g/mol. The third-order valence-corrected chi connectivity index (χ3v) is 4.74. The van der Waals surface area contributed by atoms with Crippen molar-refractivity contribution in [3.05, 3.63) is 41.5 Å². The summed E-state index contributed by atoms with van der Waals surface area (Å²) in [5.41, 5.74) is 3.13. The molecule has 1 saturated carbocycles. The normalized spacial score (nSPS) is 25.1. The third-order valence-electron chi connectivity index (χ3n) is 4.74. The fourth-order valence-corrected chi connectivity index (χ4v) is 3.33. The Labute approximate surface area is 122 Å². The van der Waals surface area contributed by atoms with Crippen LogP contribution in [0.5, 0.6) is 5.75 Å². The van der Waals surface area contributed by atoms with Crippen LogP contribution in [-0.2, 0) is 0 Å². The van der Waals surface area contributed by atoms with Gasteiger partial charge in [0.05, 0.1) is 7.11 Å². The third kappa shape index (κ3) is 3.24. The summed E-state index contributed by atoms with van der Waals surface area (Å²) in [6.07, 6.45) is 10.3. The van der Waals surface area contributed by atoms with Crippen molar-refractivity contribution in [2.75, 3.05) is 13.7 Å². The molecule has 0 spiro atoms. The van der Waals surface area contributed by atoms with Gasteiger partial charge in [-0.2, -0.15) is 0 Å². The first-order valence-electron chi connectivity index (χ1n) is 7.90. The molecule has 1 N–H and O–H groups in total. The van der Waals surface area contributed by atoms with Gasteiger partial charge < -0.3 is 10.1 Å². The highest BCUT2D eigenvalue weighted by molar-refractivity contribution is 5.30. The molecule has 2 aliphatic carbocycles. The SMILES string of the molecule is COc1ccc(C2CC(NCCC3=CCCC3)C2)cc1. The molecule has 1 aromatic rings. The molecule has 1 aromatic carbocycles. The maximum atomic E-state index is 5.21. The van der Waals surface area contributed by atoms with E-state index in [9.17, 15) is 0 Å². The Kier molecular flexibility index (Phi) is 4.41. The smallest absolute Gasteiger partial charge is 0.118 e. The van der Waals surface area contributed by atoms with Gasteiger partial charge in [0.15, 0.2) is 0 Å². The fraction of sp³-hybridized carbons (Fsp3) is 0.556. The van der Waals surface area contributed by atoms with Gasteiger partial charge in [0.2, 0.25) is 0 Å². The molecular weight excluding hydrogens is 246 g/mol. The van der Waals surface area contributed by atoms with Crippen LogP contribution in [0.25, 0.3) is 0 Å². The van der Waals surface area contributed by atoms with Gasteiger partial charge in [0, 0.05) is 6.04 Å². The molecule has 0 aromatic heterocycles. The molecule has 0 amide bonds. The first-order valence-corrected chi connectivity index (χ1v) is 7.90. The summed E-state index contributed by atoms with van der Waals surface area (Å²) in [4.78, 5) is 0. The van der Waals surface area contributed by atoms with E-state index < -0.39 is 0 Å². The molecule has 0 saturated heterocycles. The lowest BCUT2D eigenvalue weighted by Gasteiger charge is -2.36. The Balaban J connectivity index is 1.37. The number of hydrogen-bond donors (Lipinski definition) is 1. The van der Waals surface area contributed by atoms with Gasteiger partial charge in [0.1, 0.15) is 5.75 Å². The van der Waals surface area contributed by atoms with Gasteiger partial charge in [0.25, 0.3) is 0 Å². The van der Waals surface area contributed by atoms with Crippen LogP contribution in [0.2, 0.25) is 0 Å². The molecule has 2 aliphatic rings. The predicted octanol–water partition coefficient (Wildman–Crippen LogP) is 4.03. The Morgan fingerprint density at radius 3 is 2.65 bits per heavy atom. The lowest BCUT2D eigenvalue weighted by atomic mass is 9.76. The van der Waals surface area contributed by atoms with Crippen molar-refractivity contribution in [1.29, 1.82) is 0 Å². The molecule has 0 bridgehead atoms. The van der Waals surface area contributed by atoms with Gasteiger partial charge in [-0.15, -0.1) is 0 Å². The summed E-state index contributed by atoms with van der Waals surface area (Å²) < 4.78 is 5.21. The van der Waals surface area contributed by atoms with Crippen molar-refractivity contribution in [2.24, 2.45) is 0 Å². The van der Waals surface area contributed by atoms with E-state index in [4.69, 9.17) is 4.74 Å². The van der Waals surface area contributed by atoms with E-state index in [1.165, 1.54) is 44.1 Å². The number of allylic oxidation sites excluding steroid dienone is 1. The van der Waals surface area contributed by atoms with Gasteiger partial charge in [-0.3, -0.25) is 0 Å². The standard InChI is InChI=1S/C18H25NO/c1-20-18-8-6-15(7-9-18)16-12-17(13-16)19-11-10-14-4-2-3-5-14/h4,6-9,16-17,19H,2-3,5,10-13H2,1H3. The fourth-order valence-electron chi connectivity index (χ4n) is 3.33. The quantitative estimate of drug-likeness (QED) is 0.789. The number of ether oxygens (including phenoxy) is 1. The molecule has 2 heteroatoms. The van der Waals surface area contributed by atoms with Crippen molar-refractivity contribution in [2.45, 2.75) is 50.5 Å². The number of rotatable bonds is 6. The number of methoxy groups -OCH3 is 1. The van der Waals surface area contributed by atoms with Gasteiger partial charge in [-0.25, -0.2) is 0 Å². The summed E-state index contributed by atoms with van der Waals surface area (Å²) in [7, 11) is 1.72. The van der Waals surface area contributed by atoms with Crippen LogP contribution in [0.1, 0.15) is 50.0 Å². The second-order valence-corrected chi connectivity index (χ2v) is 6.10. The van der Waals surface area contributed by atoms with Gasteiger partial charge in [-0.1, -0.05) is 23.8 Å². The summed E-state index contributed by atoms with van der Waals surface area (Å²) in [5.74, 6) is 1.69. The summed E-state index contributed by atoms with van der Waals surface area (Å²) >= 11 is 0. The molecule has 0 radical (unpaired) electrons. The van der Waals surface area contributed by atoms with Crippen molar-refractivity contribution in [3.63, 3.8) is 0 Å². The van der Waals surface area contributed by atoms with E-state index in [2.05, 4.69) is 35.7 Å². The minimum atomic E-state index is 0.726. The zero-order valence-electron chi connectivity index (χ0n) is 12.4. The largest absolute Gasteiger partial charge is 0.497 e. The molecule has 1 fully saturated rings. The van der Waals surface area contributed by atoms with Gasteiger partial charge in [-0.05, 0) is 68.7 Å². The minimum absolute atomic E-state index is 0.726. The van der Waals surface area contributed by atoms with E-state index in [1.54, 1.807) is 12.7 Å². The van der Waals surface area contributed by atoms with Crippen LogP contribution in [0.4, 0.5) is 0 Å². The van der Waals surface area contributed by atoms with Crippen molar-refractivity contribution >= 4 is 0 Å². The minimum Gasteiger partial charge on any atom is -0.497 e. The second-order valence-electron chi connectivity index (χ2n) is 6.10. The lowest BCUT2D eigenvalue weighted by Crippen LogP contribution is -2.40. The molecule has 0 heterocycles. The number of benzene rings is 1. The molecular formula is C18H25NO. The van der Waals surface area contributed by atoms with Crippen LogP contribution in [0, 0.1) is 0 Å². The topological polar surface area (TPSA) is 21.3 Å². The van der Waals surface area contributed by atoms with Crippen molar-refractivity contribution in [3.8, 4) is 5.75 Å². The molecule has 3 rings (SSSR count). The van der Waals surface area contributed by atoms with Crippen LogP contribution < -0.4 is 10.1 Å². The van der Waals surface area contributed by atoms with E-state index in [0.29, 0.717) is 0 Å². The summed E-state index contributed by atoms with van der Waals surface area (Å²) in [6, 6.07) is 9.29. The number of nitrogens with one attached hydrogen (secondary N) is 1. The Hall–Kier alpha value is -1.28. The molecule has 2 nitrogen and oxygen atoms in total. The molecule has 108 valence electrons. The summed E-state index contributed by atoms with van der Waals surface area (Å²) in [5, 5.41) is 3.70. The van der Waals surface area contributed by atoms with Crippen LogP contribution >= 0.6 is 0 Å². The maximum Gasteiger partial charge on any atom is 0.118 e. The lowest BCUT2D eigenvalue weighted by molar-refractivity contribution is 0.292. The van der Waals surface area contributed by atoms with Gasteiger partial charge >= 0.3 is 0 Å². The van der Waals surface area contributed by atoms with Crippen LogP contribution in [-0.4, -0.2) is 19.7 Å². The first kappa shape index (κ1) is 13.7. The maximum absolute atomic E-state index is 5.21. The Morgan fingerprint density at radius 2 is 2.00 bits per heavy atom. The van der Waals surface area contributed by atoms with E-state index in [-0.39, 0.29) is 0 Å². The van der Waals surface area contributed by atoms with E-state index >= 15 is 0 Å². The highest BCUT2D eigenvalue weighted by Gasteiger charge is 2.29. The van der Waals surface area contributed by atoms with Crippen molar-refractivity contribution in [1.82, 2.24) is 5.32 Å². The highest BCUT2D eigenvalue weighted by atomic mass is 16.5. The first-order chi connectivity index (χ1) is 9.85. The summed E-state index contributed by atoms with van der Waals surface area (Å²) in [6.45, 7) is 1.16. The monoisotopic (exact) mass is 271 g/mol. The zero-order chi connectivity index (χ0) is 13.8. The van der Waals surface area contributed by atoms with E-state index in [0.717, 1.165) is 24.3 Å².